The Morgan fingerprint density at radius 3 is 2.54 bits per heavy atom. The topological polar surface area (TPSA) is 46.4 Å². The summed E-state index contributed by atoms with van der Waals surface area (Å²) in [5, 5.41) is 3.44. The van der Waals surface area contributed by atoms with Gasteiger partial charge in [0.1, 0.15) is 0 Å². The van der Waals surface area contributed by atoms with Crippen molar-refractivity contribution < 1.29 is 4.79 Å². The molecule has 0 bridgehead atoms. The van der Waals surface area contributed by atoms with Crippen LogP contribution in [0.15, 0.2) is 82.8 Å². The average Bonchev–Trinajstić information content (AvgIpc) is 3.25. The first-order valence-corrected chi connectivity index (χ1v) is 9.10. The molecule has 0 aliphatic carbocycles. The molecule has 5 heteroatoms. The van der Waals surface area contributed by atoms with Crippen LogP contribution in [0.4, 0.5) is 5.69 Å². The molecule has 0 radical (unpaired) electrons. The van der Waals surface area contributed by atoms with Crippen molar-refractivity contribution in [3.63, 3.8) is 0 Å². The standard InChI is InChI=1S/C21H17N3OS/c1-15-9-11-16(12-10-15)22-21-23-20(25)19(26-21)14-18-8-5-13-24(18)17-6-3-2-4-7-17/h2-14H,1H3,(H,22,23,25). The maximum atomic E-state index is 12.3. The predicted octanol–water partition coefficient (Wildman–Crippen LogP) is 4.68. The summed E-state index contributed by atoms with van der Waals surface area (Å²) >= 11 is 1.36. The average molecular weight is 359 g/mol. The highest BCUT2D eigenvalue weighted by Gasteiger charge is 2.24. The molecular weight excluding hydrogens is 342 g/mol. The van der Waals surface area contributed by atoms with Gasteiger partial charge in [0, 0.05) is 17.6 Å². The van der Waals surface area contributed by atoms with Crippen LogP contribution < -0.4 is 5.32 Å². The molecule has 4 rings (SSSR count). The highest BCUT2D eigenvalue weighted by molar-refractivity contribution is 8.18. The SMILES string of the molecule is Cc1ccc(N=C2NC(=O)C(=Cc3cccn3-c3ccccc3)S2)cc1. The molecule has 0 unspecified atom stereocenters. The Labute approximate surface area is 156 Å². The lowest BCUT2D eigenvalue weighted by Gasteiger charge is -2.06. The molecule has 1 aliphatic heterocycles. The Morgan fingerprint density at radius 1 is 1.00 bits per heavy atom. The first-order valence-electron chi connectivity index (χ1n) is 8.28. The zero-order valence-corrected chi connectivity index (χ0v) is 15.0. The third-order valence-corrected chi connectivity index (χ3v) is 4.92. The molecule has 3 aromatic rings. The normalized spacial score (nSPS) is 17.0. The molecule has 1 aliphatic rings. The van der Waals surface area contributed by atoms with Crippen molar-refractivity contribution >= 4 is 34.6 Å². The summed E-state index contributed by atoms with van der Waals surface area (Å²) in [6, 6.07) is 21.9. The van der Waals surface area contributed by atoms with Gasteiger partial charge in [-0.2, -0.15) is 0 Å². The second-order valence-electron chi connectivity index (χ2n) is 5.96. The van der Waals surface area contributed by atoms with E-state index in [0.717, 1.165) is 17.1 Å². The van der Waals surface area contributed by atoms with Crippen LogP contribution >= 0.6 is 11.8 Å². The lowest BCUT2D eigenvalue weighted by Crippen LogP contribution is -2.19. The Morgan fingerprint density at radius 2 is 1.77 bits per heavy atom. The van der Waals surface area contributed by atoms with Gasteiger partial charge >= 0.3 is 0 Å². The van der Waals surface area contributed by atoms with E-state index >= 15 is 0 Å². The summed E-state index contributed by atoms with van der Waals surface area (Å²) in [7, 11) is 0. The Balaban J connectivity index is 1.60. The number of para-hydroxylation sites is 1. The molecule has 2 aromatic carbocycles. The highest BCUT2D eigenvalue weighted by atomic mass is 32.2. The maximum Gasteiger partial charge on any atom is 0.264 e. The monoisotopic (exact) mass is 359 g/mol. The van der Waals surface area contributed by atoms with E-state index in [1.165, 1.54) is 17.3 Å². The minimum Gasteiger partial charge on any atom is -0.317 e. The second-order valence-corrected chi connectivity index (χ2v) is 6.99. The number of amidine groups is 1. The molecule has 0 atom stereocenters. The number of benzene rings is 2. The minimum atomic E-state index is -0.123. The fraction of sp³-hybridized carbons (Fsp3) is 0.0476. The summed E-state index contributed by atoms with van der Waals surface area (Å²) in [5.74, 6) is -0.123. The van der Waals surface area contributed by atoms with E-state index in [1.54, 1.807) is 0 Å². The van der Waals surface area contributed by atoms with E-state index in [0.29, 0.717) is 10.1 Å². The number of rotatable bonds is 3. The second kappa shape index (κ2) is 7.06. The number of carbonyl (C=O) groups is 1. The molecule has 26 heavy (non-hydrogen) atoms. The lowest BCUT2D eigenvalue weighted by molar-refractivity contribution is -0.115. The van der Waals surface area contributed by atoms with E-state index in [1.807, 2.05) is 85.9 Å². The van der Waals surface area contributed by atoms with Crippen LogP contribution in [0, 0.1) is 6.92 Å². The number of thioether (sulfide) groups is 1. The van der Waals surface area contributed by atoms with Crippen molar-refractivity contribution in [2.24, 2.45) is 4.99 Å². The van der Waals surface area contributed by atoms with Gasteiger partial charge in [-0.15, -0.1) is 0 Å². The van der Waals surface area contributed by atoms with Crippen molar-refractivity contribution in [2.75, 3.05) is 0 Å². The predicted molar refractivity (Wildman–Crippen MR) is 108 cm³/mol. The van der Waals surface area contributed by atoms with Crippen molar-refractivity contribution in [1.29, 1.82) is 0 Å². The van der Waals surface area contributed by atoms with Crippen molar-refractivity contribution in [2.45, 2.75) is 6.92 Å². The molecule has 2 heterocycles. The van der Waals surface area contributed by atoms with E-state index < -0.39 is 0 Å². The third kappa shape index (κ3) is 3.48. The van der Waals surface area contributed by atoms with Crippen LogP contribution in [-0.2, 0) is 4.79 Å². The number of aliphatic imine (C=N–C) groups is 1. The van der Waals surface area contributed by atoms with Crippen LogP contribution in [0.25, 0.3) is 11.8 Å². The van der Waals surface area contributed by atoms with Crippen LogP contribution in [0.1, 0.15) is 11.3 Å². The third-order valence-electron chi connectivity index (χ3n) is 4.01. The first-order chi connectivity index (χ1) is 12.7. The molecule has 1 amide bonds. The Bertz CT molecular complexity index is 1000. The van der Waals surface area contributed by atoms with E-state index in [-0.39, 0.29) is 5.91 Å². The summed E-state index contributed by atoms with van der Waals surface area (Å²) in [4.78, 5) is 17.5. The molecular formula is C21H17N3OS. The zero-order valence-electron chi connectivity index (χ0n) is 14.2. The molecule has 4 nitrogen and oxygen atoms in total. The summed E-state index contributed by atoms with van der Waals surface area (Å²) in [5.41, 5.74) is 4.01. The van der Waals surface area contributed by atoms with Gasteiger partial charge in [0.15, 0.2) is 5.17 Å². The Hall–Kier alpha value is -3.05. The number of nitrogens with one attached hydrogen (secondary N) is 1. The van der Waals surface area contributed by atoms with E-state index in [9.17, 15) is 4.79 Å². The van der Waals surface area contributed by atoms with Gasteiger partial charge < -0.3 is 9.88 Å². The van der Waals surface area contributed by atoms with Gasteiger partial charge in [0.25, 0.3) is 5.91 Å². The van der Waals surface area contributed by atoms with E-state index in [2.05, 4.69) is 14.9 Å². The first kappa shape index (κ1) is 16.4. The molecule has 128 valence electrons. The summed E-state index contributed by atoms with van der Waals surface area (Å²) in [6.07, 6.45) is 3.88. The minimum absolute atomic E-state index is 0.123. The largest absolute Gasteiger partial charge is 0.317 e. The number of nitrogens with zero attached hydrogens (tertiary/aromatic N) is 2. The number of amides is 1. The van der Waals surface area contributed by atoms with Crippen molar-refractivity contribution in [3.8, 4) is 5.69 Å². The van der Waals surface area contributed by atoms with Crippen LogP contribution in [0.5, 0.6) is 0 Å². The van der Waals surface area contributed by atoms with Crippen LogP contribution in [0.3, 0.4) is 0 Å². The fourth-order valence-corrected chi connectivity index (χ4v) is 3.51. The smallest absolute Gasteiger partial charge is 0.264 e. The van der Waals surface area contributed by atoms with Crippen molar-refractivity contribution in [3.05, 3.63) is 89.1 Å². The van der Waals surface area contributed by atoms with Crippen molar-refractivity contribution in [1.82, 2.24) is 9.88 Å². The molecule has 0 spiro atoms. The van der Waals surface area contributed by atoms with Gasteiger partial charge in [-0.05, 0) is 61.2 Å². The molecule has 1 N–H and O–H groups in total. The van der Waals surface area contributed by atoms with E-state index in [4.69, 9.17) is 0 Å². The van der Waals surface area contributed by atoms with Gasteiger partial charge in [0.2, 0.25) is 0 Å². The fourth-order valence-electron chi connectivity index (χ4n) is 2.69. The summed E-state index contributed by atoms with van der Waals surface area (Å²) < 4.78 is 2.05. The van der Waals surface area contributed by atoms with Crippen LogP contribution in [-0.4, -0.2) is 15.6 Å². The Kier molecular flexibility index (Phi) is 4.46. The number of aromatic nitrogens is 1. The highest BCUT2D eigenvalue weighted by Crippen LogP contribution is 2.28. The number of hydrogen-bond acceptors (Lipinski definition) is 3. The van der Waals surface area contributed by atoms with Gasteiger partial charge in [0.05, 0.1) is 10.6 Å². The number of hydrogen-bond donors (Lipinski definition) is 1. The lowest BCUT2D eigenvalue weighted by atomic mass is 10.2. The molecule has 1 aromatic heterocycles. The molecule has 1 fully saturated rings. The molecule has 0 saturated carbocycles. The zero-order chi connectivity index (χ0) is 17.9. The van der Waals surface area contributed by atoms with Gasteiger partial charge in [-0.25, -0.2) is 4.99 Å². The molecule has 1 saturated heterocycles. The van der Waals surface area contributed by atoms with Gasteiger partial charge in [-0.1, -0.05) is 35.9 Å². The van der Waals surface area contributed by atoms with Crippen LogP contribution in [0.2, 0.25) is 0 Å². The quantitative estimate of drug-likeness (QED) is 0.690. The maximum absolute atomic E-state index is 12.3. The van der Waals surface area contributed by atoms with Gasteiger partial charge in [-0.3, -0.25) is 4.79 Å². The number of carbonyl (C=O) groups excluding carboxylic acids is 1. The number of aryl methyl sites for hydroxylation is 1. The summed E-state index contributed by atoms with van der Waals surface area (Å²) in [6.45, 7) is 2.03.